The molecule has 0 fully saturated rings. The Morgan fingerprint density at radius 3 is 2.38 bits per heavy atom. The van der Waals surface area contributed by atoms with Crippen LogP contribution in [0, 0.1) is 5.82 Å². The average molecular weight is 348 g/mol. The van der Waals surface area contributed by atoms with Gasteiger partial charge in [0.1, 0.15) is 5.82 Å². The van der Waals surface area contributed by atoms with Crippen molar-refractivity contribution in [2.24, 2.45) is 0 Å². The number of thioether (sulfide) groups is 1. The lowest BCUT2D eigenvalue weighted by Crippen LogP contribution is -2.39. The Labute approximate surface area is 145 Å². The number of aliphatic hydroxyl groups excluding tert-OH is 1. The second-order valence-electron chi connectivity index (χ2n) is 5.51. The summed E-state index contributed by atoms with van der Waals surface area (Å²) in [6, 6.07) is 12.2. The third-order valence-corrected chi connectivity index (χ3v) is 4.19. The molecule has 2 atom stereocenters. The monoisotopic (exact) mass is 348 g/mol. The van der Waals surface area contributed by atoms with Crippen LogP contribution < -0.4 is 10.6 Å². The van der Waals surface area contributed by atoms with Crippen molar-refractivity contribution in [3.8, 4) is 0 Å². The van der Waals surface area contributed by atoms with Crippen LogP contribution >= 0.6 is 11.8 Å². The van der Waals surface area contributed by atoms with Crippen LogP contribution in [0.1, 0.15) is 24.2 Å². The summed E-state index contributed by atoms with van der Waals surface area (Å²) in [7, 11) is 0. The molecule has 2 aromatic carbocycles. The van der Waals surface area contributed by atoms with Crippen LogP contribution in [-0.4, -0.2) is 23.4 Å². The van der Waals surface area contributed by atoms with Crippen molar-refractivity contribution in [1.82, 2.24) is 5.32 Å². The quantitative estimate of drug-likeness (QED) is 0.741. The van der Waals surface area contributed by atoms with Crippen LogP contribution in [0.5, 0.6) is 0 Å². The fraction of sp³-hybridized carbons (Fsp3) is 0.278. The van der Waals surface area contributed by atoms with E-state index in [2.05, 4.69) is 10.6 Å². The first-order valence-electron chi connectivity index (χ1n) is 7.58. The number of hydrogen-bond acceptors (Lipinski definition) is 3. The smallest absolute Gasteiger partial charge is 0.319 e. The average Bonchev–Trinajstić information content (AvgIpc) is 2.57. The molecule has 0 spiro atoms. The van der Waals surface area contributed by atoms with Crippen molar-refractivity contribution in [2.45, 2.75) is 24.8 Å². The fourth-order valence-electron chi connectivity index (χ4n) is 2.25. The number of halogens is 1. The molecule has 6 heteroatoms. The fourth-order valence-corrected chi connectivity index (χ4v) is 2.78. The van der Waals surface area contributed by atoms with Crippen molar-refractivity contribution >= 4 is 23.5 Å². The summed E-state index contributed by atoms with van der Waals surface area (Å²) in [6.07, 6.45) is 1.12. The molecule has 0 saturated heterocycles. The van der Waals surface area contributed by atoms with E-state index in [1.165, 1.54) is 29.8 Å². The Hall–Kier alpha value is -2.05. The topological polar surface area (TPSA) is 61.4 Å². The second kappa shape index (κ2) is 8.70. The van der Waals surface area contributed by atoms with Gasteiger partial charge in [-0.3, -0.25) is 0 Å². The Balaban J connectivity index is 1.89. The van der Waals surface area contributed by atoms with E-state index in [0.717, 1.165) is 5.75 Å². The van der Waals surface area contributed by atoms with Gasteiger partial charge in [0.25, 0.3) is 0 Å². The van der Waals surface area contributed by atoms with Crippen LogP contribution in [0.4, 0.5) is 14.9 Å². The molecule has 0 aliphatic rings. The summed E-state index contributed by atoms with van der Waals surface area (Å²) >= 11 is 1.73. The Morgan fingerprint density at radius 1 is 1.17 bits per heavy atom. The first kappa shape index (κ1) is 18.3. The van der Waals surface area contributed by atoms with Gasteiger partial charge in [-0.05, 0) is 48.6 Å². The van der Waals surface area contributed by atoms with E-state index in [0.29, 0.717) is 11.3 Å². The summed E-state index contributed by atoms with van der Waals surface area (Å²) in [6.45, 7) is 1.69. The third kappa shape index (κ3) is 5.25. The van der Waals surface area contributed by atoms with Crippen molar-refractivity contribution in [2.75, 3.05) is 11.6 Å². The summed E-state index contributed by atoms with van der Waals surface area (Å²) in [5.41, 5.74) is 2.42. The number of benzene rings is 2. The van der Waals surface area contributed by atoms with Gasteiger partial charge in [-0.2, -0.15) is 11.8 Å². The van der Waals surface area contributed by atoms with E-state index in [9.17, 15) is 14.3 Å². The number of urea groups is 1. The number of aliphatic hydroxyl groups is 1. The third-order valence-electron chi connectivity index (χ3n) is 3.57. The maximum atomic E-state index is 12.9. The van der Waals surface area contributed by atoms with Crippen LogP contribution in [0.3, 0.4) is 0 Å². The number of rotatable bonds is 6. The van der Waals surface area contributed by atoms with Gasteiger partial charge < -0.3 is 15.7 Å². The van der Waals surface area contributed by atoms with E-state index < -0.39 is 18.2 Å². The van der Waals surface area contributed by atoms with E-state index in [1.807, 2.05) is 30.5 Å². The van der Waals surface area contributed by atoms with Crippen molar-refractivity contribution < 1.29 is 14.3 Å². The zero-order valence-electron chi connectivity index (χ0n) is 13.6. The van der Waals surface area contributed by atoms with E-state index >= 15 is 0 Å². The van der Waals surface area contributed by atoms with Crippen molar-refractivity contribution in [1.29, 1.82) is 0 Å². The summed E-state index contributed by atoms with van der Waals surface area (Å²) in [5, 5.41) is 15.6. The lowest BCUT2D eigenvalue weighted by molar-refractivity contribution is 0.139. The molecule has 0 heterocycles. The molecule has 0 saturated carbocycles. The van der Waals surface area contributed by atoms with Gasteiger partial charge in [-0.15, -0.1) is 0 Å². The van der Waals surface area contributed by atoms with Gasteiger partial charge in [0.2, 0.25) is 0 Å². The van der Waals surface area contributed by atoms with Gasteiger partial charge in [-0.1, -0.05) is 24.3 Å². The van der Waals surface area contributed by atoms with Gasteiger partial charge in [0.15, 0.2) is 0 Å². The van der Waals surface area contributed by atoms with Crippen LogP contribution in [0.25, 0.3) is 0 Å². The highest BCUT2D eigenvalue weighted by Crippen LogP contribution is 2.18. The Morgan fingerprint density at radius 2 is 1.79 bits per heavy atom. The van der Waals surface area contributed by atoms with E-state index in [-0.39, 0.29) is 5.82 Å². The Kier molecular flexibility index (Phi) is 6.63. The molecule has 2 rings (SSSR count). The van der Waals surface area contributed by atoms with Gasteiger partial charge >= 0.3 is 6.03 Å². The van der Waals surface area contributed by atoms with Gasteiger partial charge in [0, 0.05) is 11.4 Å². The molecule has 0 bridgehead atoms. The molecule has 128 valence electrons. The first-order chi connectivity index (χ1) is 11.5. The molecule has 0 aliphatic heterocycles. The van der Waals surface area contributed by atoms with Gasteiger partial charge in [0.05, 0.1) is 12.1 Å². The molecule has 4 nitrogen and oxygen atoms in total. The number of carbonyl (C=O) groups is 1. The zero-order valence-corrected chi connectivity index (χ0v) is 14.4. The van der Waals surface area contributed by atoms with Gasteiger partial charge in [-0.25, -0.2) is 9.18 Å². The predicted molar refractivity (Wildman–Crippen MR) is 96.6 cm³/mol. The van der Waals surface area contributed by atoms with E-state index in [1.54, 1.807) is 18.7 Å². The molecular formula is C18H21FN2O2S. The minimum atomic E-state index is -0.916. The van der Waals surface area contributed by atoms with Crippen LogP contribution in [-0.2, 0) is 5.75 Å². The minimum absolute atomic E-state index is 0.366. The molecule has 0 aliphatic carbocycles. The molecule has 0 radical (unpaired) electrons. The molecule has 3 N–H and O–H groups in total. The SMILES string of the molecule is CSCc1ccc(NC(=O)NC(C)C(O)c2ccc(F)cc2)cc1. The zero-order chi connectivity index (χ0) is 17.5. The summed E-state index contributed by atoms with van der Waals surface area (Å²) in [4.78, 5) is 12.0. The minimum Gasteiger partial charge on any atom is -0.386 e. The lowest BCUT2D eigenvalue weighted by atomic mass is 10.0. The maximum Gasteiger partial charge on any atom is 0.319 e. The number of anilines is 1. The van der Waals surface area contributed by atoms with E-state index in [4.69, 9.17) is 0 Å². The predicted octanol–water partition coefficient (Wildman–Crippen LogP) is 3.93. The number of amides is 2. The highest BCUT2D eigenvalue weighted by Gasteiger charge is 2.18. The number of nitrogens with one attached hydrogen (secondary N) is 2. The first-order valence-corrected chi connectivity index (χ1v) is 8.98. The highest BCUT2D eigenvalue weighted by atomic mass is 32.2. The number of hydrogen-bond donors (Lipinski definition) is 3. The molecule has 0 aromatic heterocycles. The molecule has 2 unspecified atom stereocenters. The lowest BCUT2D eigenvalue weighted by Gasteiger charge is -2.21. The summed E-state index contributed by atoms with van der Waals surface area (Å²) < 4.78 is 12.9. The molecular weight excluding hydrogens is 327 g/mol. The largest absolute Gasteiger partial charge is 0.386 e. The van der Waals surface area contributed by atoms with Crippen molar-refractivity contribution in [3.05, 3.63) is 65.5 Å². The molecule has 24 heavy (non-hydrogen) atoms. The van der Waals surface area contributed by atoms with Crippen LogP contribution in [0.2, 0.25) is 0 Å². The normalized spacial score (nSPS) is 13.2. The Bertz CT molecular complexity index is 662. The standard InChI is InChI=1S/C18H21FN2O2S/c1-12(17(22)14-5-7-15(19)8-6-14)20-18(23)21-16-9-3-13(4-10-16)11-24-2/h3-10,12,17,22H,11H2,1-2H3,(H2,20,21,23). The molecule has 2 amide bonds. The second-order valence-corrected chi connectivity index (χ2v) is 6.38. The number of carbonyl (C=O) groups excluding carboxylic acids is 1. The molecule has 2 aromatic rings. The maximum absolute atomic E-state index is 12.9. The van der Waals surface area contributed by atoms with Crippen LogP contribution in [0.15, 0.2) is 48.5 Å². The summed E-state index contributed by atoms with van der Waals surface area (Å²) in [5.74, 6) is 0.558. The highest BCUT2D eigenvalue weighted by molar-refractivity contribution is 7.97. The van der Waals surface area contributed by atoms with Crippen molar-refractivity contribution in [3.63, 3.8) is 0 Å².